The highest BCUT2D eigenvalue weighted by Gasteiger charge is 2.40. The second kappa shape index (κ2) is 65.5. The second-order valence-corrected chi connectivity index (χ2v) is 37.6. The van der Waals surface area contributed by atoms with E-state index in [0.29, 0.717) is 82.7 Å². The van der Waals surface area contributed by atoms with Gasteiger partial charge < -0.3 is 162 Å². The van der Waals surface area contributed by atoms with Gasteiger partial charge in [0.2, 0.25) is 82.7 Å². The summed E-state index contributed by atoms with van der Waals surface area (Å²) in [7, 11) is 0. The van der Waals surface area contributed by atoms with E-state index in [0.717, 1.165) is 0 Å². The lowest BCUT2D eigenvalue weighted by molar-refractivity contribution is -0.142. The molecule has 14 amide bonds. The standard InChI is InChI=1S/C98H152N32O17S/c1-56(2)49-75(126-85(137)69(30-17-44-112-95(104)105)118-81(133)64(102)25-11-14-41-99)90(142)127-76(50-57-21-5-4-6-22-57)91(143)122-70(31-18-45-113-96(106)107)83(135)121-72(33-20-47-115-98(110)111)86(138)128-78(53-60-55-117-66-27-10-8-24-63(60)66)93(145)124-73(38-39-80(103)132)88(140)129-77(52-59-54-116-65-26-9-7-23-62(59)65)92(144)123-71(32-19-46-114-97(108)109)84(136)125-74(40-48-148-3)89(141)120-67(28-12-15-42-100)82(134)119-68(29-13-16-43-101)87(139)130-79(94(146)147)51-58-34-36-61(131)37-35-58/h4-10,21-24,26-27,34-37,54-56,64,67-79,116-117,131H,11-20,25,28-33,38-53,99-102H2,1-3H3,(H2,103,132)(H,118,133)(H,119,134)(H,120,141)(H,121,135)(H,122,143)(H,123,144)(H,124,145)(H,125,136)(H,126,137)(H,127,142)(H,128,138)(H,129,140)(H,130,139)(H,146,147)(H4,104,105,112)(H4,106,107,113)(H4,108,109,114)(H4,110,111,115)/t64-,67-,68-,69-,70-,71-,72-,73-,74-,75-,76-,77-,78-,79-/m0/s1. The van der Waals surface area contributed by atoms with Gasteiger partial charge in [-0.25, -0.2) is 4.79 Å². The van der Waals surface area contributed by atoms with Crippen LogP contribution in [0.1, 0.15) is 171 Å². The Labute approximate surface area is 863 Å². The lowest BCUT2D eigenvalue weighted by Crippen LogP contribution is -2.61. The van der Waals surface area contributed by atoms with Crippen LogP contribution in [0.25, 0.3) is 21.8 Å². The first-order chi connectivity index (χ1) is 70.7. The van der Waals surface area contributed by atoms with E-state index in [1.807, 2.05) is 0 Å². The Morgan fingerprint density at radius 3 is 0.959 bits per heavy atom. The fourth-order valence-electron chi connectivity index (χ4n) is 16.3. The van der Waals surface area contributed by atoms with Crippen molar-refractivity contribution in [1.29, 1.82) is 21.6 Å². The van der Waals surface area contributed by atoms with Gasteiger partial charge in [-0.15, -0.1) is 0 Å². The number of guanidine groups is 4. The molecule has 0 aliphatic rings. The van der Waals surface area contributed by atoms with Crippen LogP contribution in [-0.2, 0) is 97.6 Å². The summed E-state index contributed by atoms with van der Waals surface area (Å²) in [5, 5.41) is 98.7. The molecule has 0 saturated carbocycles. The Bertz CT molecular complexity index is 5360. The number of rotatable bonds is 71. The van der Waals surface area contributed by atoms with Gasteiger partial charge in [-0.05, 0) is 206 Å². The van der Waals surface area contributed by atoms with E-state index in [9.17, 15) is 48.6 Å². The zero-order valence-electron chi connectivity index (χ0n) is 84.1. The van der Waals surface area contributed by atoms with Gasteiger partial charge >= 0.3 is 5.97 Å². The topological polar surface area (TPSA) is 862 Å². The molecule has 0 saturated heterocycles. The van der Waals surface area contributed by atoms with Crippen LogP contribution in [-0.4, -0.2) is 275 Å². The van der Waals surface area contributed by atoms with E-state index >= 15 is 33.6 Å². The number of carbonyl (C=O) groups is 15. The van der Waals surface area contributed by atoms with Gasteiger partial charge in [-0.3, -0.25) is 88.8 Å². The molecule has 2 heterocycles. The van der Waals surface area contributed by atoms with Crippen molar-refractivity contribution in [3.05, 3.63) is 138 Å². The fourth-order valence-corrected chi connectivity index (χ4v) is 16.7. The van der Waals surface area contributed by atoms with Gasteiger partial charge in [0.1, 0.15) is 84.3 Å². The third-order valence-corrected chi connectivity index (χ3v) is 24.8. The first-order valence-corrected chi connectivity index (χ1v) is 51.1. The molecule has 0 spiro atoms. The number of fused-ring (bicyclic) bond motifs is 2. The molecule has 0 unspecified atom stereocenters. The van der Waals surface area contributed by atoms with Crippen LogP contribution in [0, 0.1) is 27.6 Å². The molecular weight excluding hydrogens is 1930 g/mol. The van der Waals surface area contributed by atoms with Gasteiger partial charge in [0.05, 0.1) is 6.04 Å². The molecule has 2 aromatic heterocycles. The van der Waals surface area contributed by atoms with Crippen LogP contribution in [0.3, 0.4) is 0 Å². The Balaban J connectivity index is 1.36. The summed E-state index contributed by atoms with van der Waals surface area (Å²) in [5.74, 6) is -16.0. The number of nitrogens with two attached hydrogens (primary N) is 9. The summed E-state index contributed by atoms with van der Waals surface area (Å²) < 4.78 is 0. The number of phenolic OH excluding ortho intramolecular Hbond substituents is 1. The number of phenols is 1. The van der Waals surface area contributed by atoms with Crippen LogP contribution in [0.5, 0.6) is 5.75 Å². The first kappa shape index (κ1) is 122. The highest BCUT2D eigenvalue weighted by Crippen LogP contribution is 2.24. The van der Waals surface area contributed by atoms with Crippen molar-refractivity contribution in [2.45, 2.75) is 259 Å². The number of carboxylic acid groups (broad SMARTS) is 1. The summed E-state index contributed by atoms with van der Waals surface area (Å²) in [5.41, 5.74) is 55.2. The van der Waals surface area contributed by atoms with Crippen LogP contribution in [0.15, 0.2) is 116 Å². The van der Waals surface area contributed by atoms with Gasteiger partial charge in [0.25, 0.3) is 0 Å². The quantitative estimate of drug-likeness (QED) is 0.0102. The van der Waals surface area contributed by atoms with Crippen molar-refractivity contribution >= 4 is 146 Å². The normalized spacial score (nSPS) is 14.0. The monoisotopic (exact) mass is 2080 g/mol. The molecule has 6 aromatic rings. The molecule has 49 nitrogen and oxygen atoms in total. The minimum absolute atomic E-state index is 0.000155. The number of hydrogen-bond acceptors (Lipinski definition) is 25. The predicted molar refractivity (Wildman–Crippen MR) is 563 cm³/mol. The number of H-pyrrole nitrogens is 2. The fraction of sp³-hybridized carbons (Fsp3) is 0.520. The van der Waals surface area contributed by atoms with Crippen LogP contribution in [0.4, 0.5) is 0 Å². The Morgan fingerprint density at radius 1 is 0.331 bits per heavy atom. The number of aromatic amines is 2. The van der Waals surface area contributed by atoms with Crippen LogP contribution >= 0.6 is 11.8 Å². The molecule has 50 heteroatoms. The lowest BCUT2D eigenvalue weighted by atomic mass is 9.99. The average Bonchev–Trinajstić information content (AvgIpc) is 1.78. The number of unbranched alkanes of at least 4 members (excludes halogenated alkanes) is 3. The number of aliphatic carboxylic acids is 1. The molecule has 4 aromatic carbocycles. The number of para-hydroxylation sites is 2. The van der Waals surface area contributed by atoms with Gasteiger partial charge in [-0.2, -0.15) is 11.8 Å². The number of aromatic nitrogens is 2. The zero-order valence-corrected chi connectivity index (χ0v) is 84.9. The molecule has 43 N–H and O–H groups in total. The van der Waals surface area contributed by atoms with E-state index in [-0.39, 0.29) is 178 Å². The molecule has 0 fully saturated rings. The maximum absolute atomic E-state index is 15.7. The number of carboxylic acids is 1. The third-order valence-electron chi connectivity index (χ3n) is 24.2. The SMILES string of the molecule is CSCC[C@H](NC(=O)[C@H](CCCNC(=N)N)NC(=O)[C@H](Cc1c[nH]c2ccccc12)NC(=O)[C@H](CCC(N)=O)NC(=O)[C@H](Cc1c[nH]c2ccccc12)NC(=O)[C@H](CCCNC(=N)N)NC(=O)[C@H](CCCNC(=N)N)NC(=O)[C@H](Cc1ccccc1)NC(=O)[C@H](CC(C)C)NC(=O)[C@H](CCCNC(=N)N)NC(=O)[C@@H](N)CCCCN)C(=O)N[C@@H](CCCCN)C(=O)N[C@@H](CCCCN)C(=O)N[C@@H](Cc1ccc(O)cc1)C(=O)O. The van der Waals surface area contributed by atoms with Crippen molar-refractivity contribution in [1.82, 2.24) is 100 Å². The van der Waals surface area contributed by atoms with E-state index in [2.05, 4.69) is 100 Å². The van der Waals surface area contributed by atoms with E-state index < -0.39 is 204 Å². The van der Waals surface area contributed by atoms with Crippen molar-refractivity contribution in [2.75, 3.05) is 57.8 Å². The smallest absolute Gasteiger partial charge is 0.326 e. The Kier molecular flexibility index (Phi) is 53.9. The highest BCUT2D eigenvalue weighted by atomic mass is 32.2. The Hall–Kier alpha value is -14.9. The number of carbonyl (C=O) groups excluding carboxylic acids is 14. The number of nitrogens with one attached hydrogen (secondary N) is 23. The lowest BCUT2D eigenvalue weighted by Gasteiger charge is -2.29. The molecule has 0 aliphatic heterocycles. The minimum Gasteiger partial charge on any atom is -0.508 e. The molecule has 148 heavy (non-hydrogen) atoms. The summed E-state index contributed by atoms with van der Waals surface area (Å²) >= 11 is 1.30. The number of aromatic hydroxyl groups is 1. The number of hydrogen-bond donors (Lipinski definition) is 34. The summed E-state index contributed by atoms with van der Waals surface area (Å²) in [6.45, 7) is 4.37. The summed E-state index contributed by atoms with van der Waals surface area (Å²) in [6, 6.07) is 7.17. The second-order valence-electron chi connectivity index (χ2n) is 36.6. The van der Waals surface area contributed by atoms with Gasteiger partial charge in [0.15, 0.2) is 23.8 Å². The largest absolute Gasteiger partial charge is 0.508 e. The molecule has 14 atom stereocenters. The van der Waals surface area contributed by atoms with Gasteiger partial charge in [0, 0.05) is 92.5 Å². The Morgan fingerprint density at radius 2 is 0.615 bits per heavy atom. The summed E-state index contributed by atoms with van der Waals surface area (Å²) in [4.78, 5) is 227. The zero-order chi connectivity index (χ0) is 109. The van der Waals surface area contributed by atoms with Crippen LogP contribution in [0.2, 0.25) is 0 Å². The van der Waals surface area contributed by atoms with E-state index in [1.54, 1.807) is 111 Å². The van der Waals surface area contributed by atoms with Crippen molar-refractivity contribution in [3.63, 3.8) is 0 Å². The van der Waals surface area contributed by atoms with Crippen molar-refractivity contribution in [2.24, 2.45) is 57.5 Å². The third kappa shape index (κ3) is 44.6. The highest BCUT2D eigenvalue weighted by molar-refractivity contribution is 7.98. The molecule has 6 rings (SSSR count). The minimum atomic E-state index is -1.81. The molecule has 812 valence electrons. The van der Waals surface area contributed by atoms with E-state index in [4.69, 9.17) is 73.2 Å². The van der Waals surface area contributed by atoms with Crippen LogP contribution < -0.4 is 142 Å². The van der Waals surface area contributed by atoms with Crippen molar-refractivity contribution in [3.8, 4) is 5.75 Å². The van der Waals surface area contributed by atoms with E-state index in [1.165, 1.54) is 36.0 Å². The maximum Gasteiger partial charge on any atom is 0.326 e. The average molecular weight is 2080 g/mol. The maximum atomic E-state index is 15.7. The number of amides is 14. The predicted octanol–water partition coefficient (Wildman–Crippen LogP) is -3.16. The molecule has 0 aliphatic carbocycles. The number of benzene rings is 4. The van der Waals surface area contributed by atoms with Crippen molar-refractivity contribution < 1.29 is 82.1 Å². The number of primary amides is 1. The number of thioether (sulfide) groups is 1. The van der Waals surface area contributed by atoms with Gasteiger partial charge in [-0.1, -0.05) is 99.1 Å². The molecule has 0 bridgehead atoms. The summed E-state index contributed by atoms with van der Waals surface area (Å²) in [6.07, 6.45) is 4.79. The first-order valence-electron chi connectivity index (χ1n) is 49.8. The molecular formula is C98H152N32O17S. The molecule has 0 radical (unpaired) electrons.